The molecule has 0 bridgehead atoms. The first-order valence-electron chi connectivity index (χ1n) is 5.42. The van der Waals surface area contributed by atoms with E-state index in [0.717, 1.165) is 0 Å². The predicted octanol–water partition coefficient (Wildman–Crippen LogP) is 0.778. The molecule has 0 amide bonds. The minimum atomic E-state index is -3.86. The van der Waals surface area contributed by atoms with Gasteiger partial charge in [-0.2, -0.15) is 4.72 Å². The maximum absolute atomic E-state index is 11.9. The number of carbonyl (C=O) groups is 1. The van der Waals surface area contributed by atoms with Gasteiger partial charge in [0.05, 0.1) is 0 Å². The third kappa shape index (κ3) is 3.51. The summed E-state index contributed by atoms with van der Waals surface area (Å²) in [5, 5.41) is 8.96. The number of carboxylic acid groups (broad SMARTS) is 1. The fourth-order valence-electron chi connectivity index (χ4n) is 1.32. The molecule has 2 N–H and O–H groups in total. The Kier molecular flexibility index (Phi) is 4.42. The first kappa shape index (κ1) is 14.6. The van der Waals surface area contributed by atoms with Crippen LogP contribution in [0.2, 0.25) is 0 Å². The normalized spacial score (nSPS) is 13.6. The average Bonchev–Trinajstić information content (AvgIpc) is 2.26. The molecule has 6 nitrogen and oxygen atoms in total. The van der Waals surface area contributed by atoms with Gasteiger partial charge in [-0.1, -0.05) is 13.8 Å². The summed E-state index contributed by atoms with van der Waals surface area (Å²) >= 11 is 0. The standard InChI is InChI=1S/C11H16N2O4S/c1-7(2)10(11(14)15)13-18(16,17)9-5-4-8(3)12-6-9/h4-7,10,13H,1-3H3,(H,14,15). The summed E-state index contributed by atoms with van der Waals surface area (Å²) in [5.74, 6) is -1.55. The Morgan fingerprint density at radius 1 is 1.39 bits per heavy atom. The smallest absolute Gasteiger partial charge is 0.322 e. The number of aliphatic carboxylic acids is 1. The Bertz CT molecular complexity index is 522. The molecular formula is C11H16N2O4S. The van der Waals surface area contributed by atoms with E-state index < -0.39 is 22.0 Å². The number of hydrogen-bond donors (Lipinski definition) is 2. The van der Waals surface area contributed by atoms with E-state index in [0.29, 0.717) is 5.69 Å². The van der Waals surface area contributed by atoms with Crippen LogP contribution in [0.25, 0.3) is 0 Å². The van der Waals surface area contributed by atoms with E-state index in [1.54, 1.807) is 26.8 Å². The molecule has 0 aliphatic carbocycles. The van der Waals surface area contributed by atoms with Crippen LogP contribution in [0.15, 0.2) is 23.2 Å². The third-order valence-corrected chi connectivity index (χ3v) is 3.84. The highest BCUT2D eigenvalue weighted by Gasteiger charge is 2.27. The molecule has 0 aliphatic heterocycles. The van der Waals surface area contributed by atoms with E-state index in [1.165, 1.54) is 12.3 Å². The first-order valence-corrected chi connectivity index (χ1v) is 6.90. The number of pyridine rings is 1. The SMILES string of the molecule is Cc1ccc(S(=O)(=O)NC(C(=O)O)C(C)C)cn1. The van der Waals surface area contributed by atoms with Crippen molar-refractivity contribution in [3.05, 3.63) is 24.0 Å². The molecular weight excluding hydrogens is 256 g/mol. The van der Waals surface area contributed by atoms with Crippen molar-refractivity contribution >= 4 is 16.0 Å². The van der Waals surface area contributed by atoms with E-state index in [4.69, 9.17) is 5.11 Å². The Balaban J connectivity index is 3.01. The second kappa shape index (κ2) is 5.45. The van der Waals surface area contributed by atoms with Gasteiger partial charge in [-0.05, 0) is 25.0 Å². The van der Waals surface area contributed by atoms with Crippen molar-refractivity contribution in [2.45, 2.75) is 31.7 Å². The van der Waals surface area contributed by atoms with Crippen LogP contribution in [0.5, 0.6) is 0 Å². The summed E-state index contributed by atoms with van der Waals surface area (Å²) in [5.41, 5.74) is 0.688. The number of aryl methyl sites for hydroxylation is 1. The van der Waals surface area contributed by atoms with Crippen molar-refractivity contribution in [2.24, 2.45) is 5.92 Å². The Morgan fingerprint density at radius 3 is 2.39 bits per heavy atom. The van der Waals surface area contributed by atoms with Crippen LogP contribution >= 0.6 is 0 Å². The summed E-state index contributed by atoms with van der Waals surface area (Å²) in [6.45, 7) is 5.00. The molecule has 0 saturated heterocycles. The zero-order chi connectivity index (χ0) is 13.9. The van der Waals surface area contributed by atoms with Gasteiger partial charge in [0.2, 0.25) is 10.0 Å². The van der Waals surface area contributed by atoms with Crippen molar-refractivity contribution in [3.8, 4) is 0 Å². The Hall–Kier alpha value is -1.47. The molecule has 0 aliphatic rings. The molecule has 0 fully saturated rings. The molecule has 0 spiro atoms. The zero-order valence-corrected chi connectivity index (χ0v) is 11.2. The van der Waals surface area contributed by atoms with E-state index in [-0.39, 0.29) is 10.8 Å². The molecule has 7 heteroatoms. The van der Waals surface area contributed by atoms with Crippen molar-refractivity contribution in [3.63, 3.8) is 0 Å². The largest absolute Gasteiger partial charge is 0.480 e. The number of nitrogens with one attached hydrogen (secondary N) is 1. The van der Waals surface area contributed by atoms with E-state index in [2.05, 4.69) is 9.71 Å². The lowest BCUT2D eigenvalue weighted by molar-refractivity contribution is -0.140. The Labute approximate surface area is 106 Å². The van der Waals surface area contributed by atoms with Gasteiger partial charge >= 0.3 is 5.97 Å². The lowest BCUT2D eigenvalue weighted by atomic mass is 10.1. The quantitative estimate of drug-likeness (QED) is 0.825. The maximum Gasteiger partial charge on any atom is 0.322 e. The van der Waals surface area contributed by atoms with Gasteiger partial charge in [-0.15, -0.1) is 0 Å². The van der Waals surface area contributed by atoms with Gasteiger partial charge in [-0.25, -0.2) is 8.42 Å². The second-order valence-corrected chi connectivity index (χ2v) is 6.03. The van der Waals surface area contributed by atoms with Crippen LogP contribution in [0.3, 0.4) is 0 Å². The fourth-order valence-corrected chi connectivity index (χ4v) is 2.60. The summed E-state index contributed by atoms with van der Waals surface area (Å²) < 4.78 is 26.1. The van der Waals surface area contributed by atoms with Crippen LogP contribution in [-0.4, -0.2) is 30.5 Å². The zero-order valence-electron chi connectivity index (χ0n) is 10.4. The molecule has 100 valence electrons. The average molecular weight is 272 g/mol. The highest BCUT2D eigenvalue weighted by molar-refractivity contribution is 7.89. The molecule has 0 aromatic carbocycles. The number of hydrogen-bond acceptors (Lipinski definition) is 4. The number of aromatic nitrogens is 1. The van der Waals surface area contributed by atoms with Gasteiger partial charge in [0.15, 0.2) is 0 Å². The highest BCUT2D eigenvalue weighted by Crippen LogP contribution is 2.11. The molecule has 1 heterocycles. The Morgan fingerprint density at radius 2 is 2.00 bits per heavy atom. The lowest BCUT2D eigenvalue weighted by Crippen LogP contribution is -2.44. The molecule has 1 aromatic heterocycles. The van der Waals surface area contributed by atoms with Crippen molar-refractivity contribution in [1.29, 1.82) is 0 Å². The van der Waals surface area contributed by atoms with Crippen LogP contribution in [0.4, 0.5) is 0 Å². The van der Waals surface area contributed by atoms with Crippen LogP contribution in [0, 0.1) is 12.8 Å². The molecule has 0 radical (unpaired) electrons. The number of carboxylic acids is 1. The molecule has 18 heavy (non-hydrogen) atoms. The summed E-state index contributed by atoms with van der Waals surface area (Å²) in [4.78, 5) is 14.8. The first-order chi connectivity index (χ1) is 8.24. The van der Waals surface area contributed by atoms with Crippen LogP contribution < -0.4 is 4.72 Å². The van der Waals surface area contributed by atoms with Gasteiger partial charge in [0.25, 0.3) is 0 Å². The number of rotatable bonds is 5. The van der Waals surface area contributed by atoms with Gasteiger partial charge in [0.1, 0.15) is 10.9 Å². The van der Waals surface area contributed by atoms with Crippen LogP contribution in [0.1, 0.15) is 19.5 Å². The van der Waals surface area contributed by atoms with Crippen LogP contribution in [-0.2, 0) is 14.8 Å². The van der Waals surface area contributed by atoms with Crippen molar-refractivity contribution in [2.75, 3.05) is 0 Å². The summed E-state index contributed by atoms with van der Waals surface area (Å²) in [7, 11) is -3.86. The lowest BCUT2D eigenvalue weighted by Gasteiger charge is -2.17. The second-order valence-electron chi connectivity index (χ2n) is 4.32. The minimum absolute atomic E-state index is 0.0417. The topological polar surface area (TPSA) is 96.4 Å². The van der Waals surface area contributed by atoms with E-state index in [9.17, 15) is 13.2 Å². The monoisotopic (exact) mass is 272 g/mol. The van der Waals surface area contributed by atoms with Gasteiger partial charge < -0.3 is 5.11 Å². The highest BCUT2D eigenvalue weighted by atomic mass is 32.2. The predicted molar refractivity (Wildman–Crippen MR) is 65.6 cm³/mol. The summed E-state index contributed by atoms with van der Waals surface area (Å²) in [6, 6.07) is 1.79. The third-order valence-electron chi connectivity index (χ3n) is 2.41. The maximum atomic E-state index is 11.9. The van der Waals surface area contributed by atoms with Crippen molar-refractivity contribution in [1.82, 2.24) is 9.71 Å². The molecule has 1 atom stereocenters. The number of sulfonamides is 1. The van der Waals surface area contributed by atoms with E-state index >= 15 is 0 Å². The van der Waals surface area contributed by atoms with E-state index in [1.807, 2.05) is 0 Å². The minimum Gasteiger partial charge on any atom is -0.480 e. The molecule has 1 unspecified atom stereocenters. The fraction of sp³-hybridized carbons (Fsp3) is 0.455. The molecule has 0 saturated carbocycles. The van der Waals surface area contributed by atoms with Crippen molar-refractivity contribution < 1.29 is 18.3 Å². The molecule has 1 aromatic rings. The molecule has 1 rings (SSSR count). The number of nitrogens with zero attached hydrogens (tertiary/aromatic N) is 1. The van der Waals surface area contributed by atoms with Gasteiger partial charge in [-0.3, -0.25) is 9.78 Å². The van der Waals surface area contributed by atoms with Gasteiger partial charge in [0, 0.05) is 11.9 Å². The summed E-state index contributed by atoms with van der Waals surface area (Å²) in [6.07, 6.45) is 1.21.